The van der Waals surface area contributed by atoms with Crippen molar-refractivity contribution in [2.45, 2.75) is 31.5 Å². The van der Waals surface area contributed by atoms with Crippen LogP contribution in [-0.4, -0.2) is 27.9 Å². The van der Waals surface area contributed by atoms with Crippen molar-refractivity contribution in [3.8, 4) is 11.7 Å². The highest BCUT2D eigenvalue weighted by molar-refractivity contribution is 7.99. The fourth-order valence-corrected chi connectivity index (χ4v) is 1.89. The van der Waals surface area contributed by atoms with Gasteiger partial charge in [0, 0.05) is 6.04 Å². The molecule has 19 heavy (non-hydrogen) atoms. The molecule has 0 spiro atoms. The van der Waals surface area contributed by atoms with Crippen LogP contribution in [0.15, 0.2) is 32.5 Å². The summed E-state index contributed by atoms with van der Waals surface area (Å²) in [7, 11) is 0. The number of carbonyl (C=O) groups is 1. The van der Waals surface area contributed by atoms with Crippen LogP contribution in [0.25, 0.3) is 11.7 Å². The third-order valence-corrected chi connectivity index (χ3v) is 3.30. The Kier molecular flexibility index (Phi) is 4.62. The van der Waals surface area contributed by atoms with Gasteiger partial charge in [0.1, 0.15) is 0 Å². The minimum Gasteiger partial charge on any atom is -0.459 e. The molecule has 0 saturated heterocycles. The molecule has 0 aliphatic heterocycles. The second-order valence-electron chi connectivity index (χ2n) is 4.02. The van der Waals surface area contributed by atoms with Crippen molar-refractivity contribution in [1.29, 1.82) is 0 Å². The van der Waals surface area contributed by atoms with Crippen molar-refractivity contribution in [3.63, 3.8) is 0 Å². The van der Waals surface area contributed by atoms with Gasteiger partial charge >= 0.3 is 0 Å². The average Bonchev–Trinajstić information content (AvgIpc) is 3.06. The molecule has 0 radical (unpaired) electrons. The van der Waals surface area contributed by atoms with Crippen molar-refractivity contribution in [2.24, 2.45) is 0 Å². The Hall–Kier alpha value is -1.76. The van der Waals surface area contributed by atoms with E-state index in [2.05, 4.69) is 15.5 Å². The zero-order chi connectivity index (χ0) is 13.7. The van der Waals surface area contributed by atoms with Crippen LogP contribution in [0.4, 0.5) is 0 Å². The molecule has 6 nitrogen and oxygen atoms in total. The predicted octanol–water partition coefficient (Wildman–Crippen LogP) is 2.34. The molecular formula is C12H15N3O3S. The number of rotatable bonds is 6. The Balaban J connectivity index is 1.85. The van der Waals surface area contributed by atoms with Crippen molar-refractivity contribution >= 4 is 17.7 Å². The molecule has 0 aliphatic rings. The molecule has 1 N–H and O–H groups in total. The van der Waals surface area contributed by atoms with Gasteiger partial charge in [-0.3, -0.25) is 4.79 Å². The third kappa shape index (κ3) is 3.85. The van der Waals surface area contributed by atoms with E-state index >= 15 is 0 Å². The maximum Gasteiger partial charge on any atom is 0.284 e. The third-order valence-electron chi connectivity index (χ3n) is 2.48. The highest BCUT2D eigenvalue weighted by Gasteiger charge is 2.13. The molecule has 2 rings (SSSR count). The van der Waals surface area contributed by atoms with E-state index < -0.39 is 0 Å². The molecule has 0 fully saturated rings. The van der Waals surface area contributed by atoms with E-state index in [-0.39, 0.29) is 17.7 Å². The number of furan rings is 1. The van der Waals surface area contributed by atoms with E-state index in [9.17, 15) is 4.79 Å². The number of aromatic nitrogens is 2. The van der Waals surface area contributed by atoms with Gasteiger partial charge in [-0.1, -0.05) is 18.7 Å². The lowest BCUT2D eigenvalue weighted by Gasteiger charge is -2.09. The van der Waals surface area contributed by atoms with Gasteiger partial charge < -0.3 is 14.2 Å². The van der Waals surface area contributed by atoms with E-state index in [0.717, 1.165) is 6.42 Å². The molecule has 2 aromatic rings. The molecule has 0 unspecified atom stereocenters. The van der Waals surface area contributed by atoms with Crippen LogP contribution >= 0.6 is 11.8 Å². The van der Waals surface area contributed by atoms with E-state index in [1.165, 1.54) is 18.0 Å². The van der Waals surface area contributed by atoms with Gasteiger partial charge in [-0.05, 0) is 25.5 Å². The van der Waals surface area contributed by atoms with E-state index in [0.29, 0.717) is 16.9 Å². The largest absolute Gasteiger partial charge is 0.459 e. The lowest BCUT2D eigenvalue weighted by Crippen LogP contribution is -2.33. The van der Waals surface area contributed by atoms with Crippen LogP contribution in [0.2, 0.25) is 0 Å². The maximum absolute atomic E-state index is 11.6. The number of amides is 1. The molecular weight excluding hydrogens is 266 g/mol. The number of nitrogens with one attached hydrogen (secondary N) is 1. The molecule has 0 saturated carbocycles. The van der Waals surface area contributed by atoms with E-state index in [1.54, 1.807) is 12.1 Å². The molecule has 0 aromatic carbocycles. The van der Waals surface area contributed by atoms with Crippen molar-refractivity contribution < 1.29 is 13.6 Å². The van der Waals surface area contributed by atoms with Gasteiger partial charge in [-0.15, -0.1) is 10.2 Å². The minimum absolute atomic E-state index is 0.0444. The van der Waals surface area contributed by atoms with Crippen molar-refractivity contribution in [1.82, 2.24) is 15.5 Å². The Bertz CT molecular complexity index is 524. The Morgan fingerprint density at radius 2 is 2.37 bits per heavy atom. The standard InChI is InChI=1S/C12H15N3O3S/c1-3-8(2)13-10(16)7-19-12-15-14-11(18-12)9-5-4-6-17-9/h4-6,8H,3,7H2,1-2H3,(H,13,16)/t8-/m1/s1. The van der Waals surface area contributed by atoms with Crippen LogP contribution in [0, 0.1) is 0 Å². The van der Waals surface area contributed by atoms with Gasteiger partial charge in [0.2, 0.25) is 5.91 Å². The topological polar surface area (TPSA) is 81.2 Å². The lowest BCUT2D eigenvalue weighted by atomic mass is 10.3. The summed E-state index contributed by atoms with van der Waals surface area (Å²) in [5.74, 6) is 1.04. The van der Waals surface area contributed by atoms with Crippen molar-refractivity contribution in [3.05, 3.63) is 18.4 Å². The molecule has 1 amide bonds. The summed E-state index contributed by atoms with van der Waals surface area (Å²) in [6.07, 6.45) is 2.44. The first kappa shape index (κ1) is 13.7. The highest BCUT2D eigenvalue weighted by atomic mass is 32.2. The second-order valence-corrected chi connectivity index (χ2v) is 4.94. The number of carbonyl (C=O) groups excluding carboxylic acids is 1. The SMILES string of the molecule is CC[C@@H](C)NC(=O)CSc1nnc(-c2ccco2)o1. The highest BCUT2D eigenvalue weighted by Crippen LogP contribution is 2.23. The molecule has 2 heterocycles. The summed E-state index contributed by atoms with van der Waals surface area (Å²) in [6, 6.07) is 3.65. The fraction of sp³-hybridized carbons (Fsp3) is 0.417. The number of hydrogen-bond donors (Lipinski definition) is 1. The quantitative estimate of drug-likeness (QED) is 0.818. The number of nitrogens with zero attached hydrogens (tertiary/aromatic N) is 2. The van der Waals surface area contributed by atoms with Gasteiger partial charge in [-0.2, -0.15) is 0 Å². The average molecular weight is 281 g/mol. The van der Waals surface area contributed by atoms with E-state index in [1.807, 2.05) is 13.8 Å². The Morgan fingerprint density at radius 3 is 3.05 bits per heavy atom. The first-order valence-electron chi connectivity index (χ1n) is 5.98. The van der Waals surface area contributed by atoms with Crippen LogP contribution in [0.3, 0.4) is 0 Å². The van der Waals surface area contributed by atoms with Gasteiger partial charge in [0.25, 0.3) is 11.1 Å². The van der Waals surface area contributed by atoms with Gasteiger partial charge in [-0.25, -0.2) is 0 Å². The zero-order valence-corrected chi connectivity index (χ0v) is 11.6. The van der Waals surface area contributed by atoms with E-state index in [4.69, 9.17) is 8.83 Å². The van der Waals surface area contributed by atoms with Crippen molar-refractivity contribution in [2.75, 3.05) is 5.75 Å². The van der Waals surface area contributed by atoms with Gasteiger partial charge in [0.05, 0.1) is 12.0 Å². The molecule has 102 valence electrons. The number of thioether (sulfide) groups is 1. The Morgan fingerprint density at radius 1 is 1.53 bits per heavy atom. The lowest BCUT2D eigenvalue weighted by molar-refractivity contribution is -0.119. The monoisotopic (exact) mass is 281 g/mol. The smallest absolute Gasteiger partial charge is 0.284 e. The summed E-state index contributed by atoms with van der Waals surface area (Å²) in [5, 5.41) is 10.9. The molecule has 7 heteroatoms. The van der Waals surface area contributed by atoms with Crippen LogP contribution in [0.5, 0.6) is 0 Å². The van der Waals surface area contributed by atoms with Crippen LogP contribution < -0.4 is 5.32 Å². The van der Waals surface area contributed by atoms with Gasteiger partial charge in [0.15, 0.2) is 5.76 Å². The maximum atomic E-state index is 11.6. The van der Waals surface area contributed by atoms with Crippen LogP contribution in [0.1, 0.15) is 20.3 Å². The minimum atomic E-state index is -0.0444. The van der Waals surface area contributed by atoms with Crippen LogP contribution in [-0.2, 0) is 4.79 Å². The molecule has 0 bridgehead atoms. The Labute approximate surface area is 115 Å². The first-order chi connectivity index (χ1) is 9.19. The number of hydrogen-bond acceptors (Lipinski definition) is 6. The second kappa shape index (κ2) is 6.42. The molecule has 2 aromatic heterocycles. The summed E-state index contributed by atoms with van der Waals surface area (Å²) < 4.78 is 10.5. The predicted molar refractivity (Wildman–Crippen MR) is 70.6 cm³/mol. The molecule has 0 aliphatic carbocycles. The summed E-state index contributed by atoms with van der Waals surface area (Å²) >= 11 is 1.21. The molecule has 1 atom stereocenters. The fourth-order valence-electron chi connectivity index (χ4n) is 1.31. The summed E-state index contributed by atoms with van der Waals surface area (Å²) in [4.78, 5) is 11.6. The first-order valence-corrected chi connectivity index (χ1v) is 6.97. The zero-order valence-electron chi connectivity index (χ0n) is 10.8. The normalized spacial score (nSPS) is 12.3. The summed E-state index contributed by atoms with van der Waals surface area (Å²) in [6.45, 7) is 3.98. The summed E-state index contributed by atoms with van der Waals surface area (Å²) in [5.41, 5.74) is 0.